The van der Waals surface area contributed by atoms with Crippen molar-refractivity contribution in [3.05, 3.63) is 29.8 Å². The molecule has 76 valence electrons. The van der Waals surface area contributed by atoms with E-state index < -0.39 is 6.09 Å². The molecule has 14 heavy (non-hydrogen) atoms. The van der Waals surface area contributed by atoms with Crippen molar-refractivity contribution in [2.75, 3.05) is 0 Å². The molecule has 1 unspecified atom stereocenters. The predicted molar refractivity (Wildman–Crippen MR) is 52.3 cm³/mol. The molecule has 4 nitrogen and oxygen atoms in total. The van der Waals surface area contributed by atoms with E-state index in [2.05, 4.69) is 5.32 Å². The highest BCUT2D eigenvalue weighted by Crippen LogP contribution is 2.19. The van der Waals surface area contributed by atoms with Crippen molar-refractivity contribution < 1.29 is 15.0 Å². The van der Waals surface area contributed by atoms with Crippen LogP contribution in [-0.2, 0) is 0 Å². The Bertz CT molecular complexity index is 308. The number of amides is 1. The number of nitrogens with one attached hydrogen (secondary N) is 1. The summed E-state index contributed by atoms with van der Waals surface area (Å²) in [6.07, 6.45) is -0.359. The number of aromatic hydroxyl groups is 1. The van der Waals surface area contributed by atoms with Crippen molar-refractivity contribution in [3.8, 4) is 5.75 Å². The Labute approximate surface area is 82.2 Å². The van der Waals surface area contributed by atoms with Crippen LogP contribution in [-0.4, -0.2) is 16.3 Å². The van der Waals surface area contributed by atoms with Crippen LogP contribution in [0.4, 0.5) is 4.79 Å². The Morgan fingerprint density at radius 1 is 1.43 bits per heavy atom. The monoisotopic (exact) mass is 195 g/mol. The quantitative estimate of drug-likeness (QED) is 0.691. The normalized spacial score (nSPS) is 12.1. The van der Waals surface area contributed by atoms with Gasteiger partial charge in [-0.25, -0.2) is 4.79 Å². The summed E-state index contributed by atoms with van der Waals surface area (Å²) in [5.74, 6) is 0.180. The van der Waals surface area contributed by atoms with Gasteiger partial charge in [-0.3, -0.25) is 0 Å². The molecule has 0 aliphatic carbocycles. The third-order valence-corrected chi connectivity index (χ3v) is 2.00. The highest BCUT2D eigenvalue weighted by molar-refractivity contribution is 5.65. The van der Waals surface area contributed by atoms with E-state index in [1.807, 2.05) is 6.92 Å². The molecular weight excluding hydrogens is 182 g/mol. The fourth-order valence-electron chi connectivity index (χ4n) is 1.28. The van der Waals surface area contributed by atoms with E-state index >= 15 is 0 Å². The average Bonchev–Trinajstić information content (AvgIpc) is 2.15. The molecule has 0 aliphatic rings. The number of hydrogen-bond donors (Lipinski definition) is 3. The van der Waals surface area contributed by atoms with Gasteiger partial charge in [0.15, 0.2) is 0 Å². The van der Waals surface area contributed by atoms with E-state index in [1.165, 1.54) is 0 Å². The molecule has 1 rings (SSSR count). The number of carbonyl (C=O) groups is 1. The molecule has 1 aromatic rings. The number of rotatable bonds is 3. The highest BCUT2D eigenvalue weighted by atomic mass is 16.4. The van der Waals surface area contributed by atoms with Crippen LogP contribution in [0.1, 0.15) is 24.9 Å². The van der Waals surface area contributed by atoms with Gasteiger partial charge in [0.2, 0.25) is 0 Å². The van der Waals surface area contributed by atoms with Gasteiger partial charge in [-0.15, -0.1) is 0 Å². The standard InChI is InChI=1S/C10H13NO3/c1-2-9(11-10(13)14)7-3-5-8(12)6-4-7/h3-6,9,11-12H,2H2,1H3,(H,13,14). The van der Waals surface area contributed by atoms with Crippen LogP contribution in [0.15, 0.2) is 24.3 Å². The van der Waals surface area contributed by atoms with E-state index in [1.54, 1.807) is 24.3 Å². The molecule has 0 saturated heterocycles. The molecule has 0 fully saturated rings. The molecule has 0 saturated carbocycles. The minimum Gasteiger partial charge on any atom is -0.508 e. The second-order valence-corrected chi connectivity index (χ2v) is 3.00. The molecule has 0 spiro atoms. The van der Waals surface area contributed by atoms with Crippen LogP contribution in [0.3, 0.4) is 0 Å². The maximum atomic E-state index is 10.4. The molecule has 0 radical (unpaired) electrons. The lowest BCUT2D eigenvalue weighted by Crippen LogP contribution is -2.26. The number of benzene rings is 1. The van der Waals surface area contributed by atoms with Crippen molar-refractivity contribution in [1.82, 2.24) is 5.32 Å². The summed E-state index contributed by atoms with van der Waals surface area (Å²) in [6, 6.07) is 6.29. The van der Waals surface area contributed by atoms with Crippen molar-refractivity contribution in [2.45, 2.75) is 19.4 Å². The van der Waals surface area contributed by atoms with Gasteiger partial charge in [-0.2, -0.15) is 0 Å². The molecule has 1 aromatic carbocycles. The lowest BCUT2D eigenvalue weighted by Gasteiger charge is -2.14. The average molecular weight is 195 g/mol. The third kappa shape index (κ3) is 2.65. The molecule has 1 amide bonds. The zero-order valence-corrected chi connectivity index (χ0v) is 7.90. The SMILES string of the molecule is CCC(NC(=O)O)c1ccc(O)cc1. The maximum absolute atomic E-state index is 10.4. The van der Waals surface area contributed by atoms with Crippen LogP contribution >= 0.6 is 0 Å². The molecular formula is C10H13NO3. The minimum absolute atomic E-state index is 0.180. The van der Waals surface area contributed by atoms with E-state index in [9.17, 15) is 4.79 Å². The number of hydrogen-bond acceptors (Lipinski definition) is 2. The van der Waals surface area contributed by atoms with Gasteiger partial charge < -0.3 is 15.5 Å². The first-order chi connectivity index (χ1) is 6.63. The van der Waals surface area contributed by atoms with E-state index in [-0.39, 0.29) is 11.8 Å². The van der Waals surface area contributed by atoms with Crippen LogP contribution in [0.25, 0.3) is 0 Å². The molecule has 1 atom stereocenters. The van der Waals surface area contributed by atoms with Crippen molar-refractivity contribution >= 4 is 6.09 Å². The van der Waals surface area contributed by atoms with Gasteiger partial charge in [0.25, 0.3) is 0 Å². The van der Waals surface area contributed by atoms with Crippen molar-refractivity contribution in [3.63, 3.8) is 0 Å². The van der Waals surface area contributed by atoms with E-state index in [4.69, 9.17) is 10.2 Å². The van der Waals surface area contributed by atoms with Crippen molar-refractivity contribution in [2.24, 2.45) is 0 Å². The topological polar surface area (TPSA) is 69.6 Å². The zero-order valence-electron chi connectivity index (χ0n) is 7.90. The molecule has 0 bridgehead atoms. The predicted octanol–water partition coefficient (Wildman–Crippen LogP) is 2.11. The fourth-order valence-corrected chi connectivity index (χ4v) is 1.28. The van der Waals surface area contributed by atoms with Crippen LogP contribution in [0.5, 0.6) is 5.75 Å². The lowest BCUT2D eigenvalue weighted by molar-refractivity contribution is 0.189. The van der Waals surface area contributed by atoms with Gasteiger partial charge in [0, 0.05) is 0 Å². The minimum atomic E-state index is -1.04. The molecule has 0 aliphatic heterocycles. The Morgan fingerprint density at radius 3 is 2.43 bits per heavy atom. The van der Waals surface area contributed by atoms with Crippen LogP contribution in [0, 0.1) is 0 Å². The summed E-state index contributed by atoms with van der Waals surface area (Å²) >= 11 is 0. The van der Waals surface area contributed by atoms with Gasteiger partial charge >= 0.3 is 6.09 Å². The van der Waals surface area contributed by atoms with Gasteiger partial charge in [-0.05, 0) is 24.1 Å². The first kappa shape index (κ1) is 10.4. The Kier molecular flexibility index (Phi) is 3.34. The largest absolute Gasteiger partial charge is 0.508 e. The summed E-state index contributed by atoms with van der Waals surface area (Å²) in [4.78, 5) is 10.4. The second kappa shape index (κ2) is 4.50. The Balaban J connectivity index is 2.78. The van der Waals surface area contributed by atoms with Crippen molar-refractivity contribution in [1.29, 1.82) is 0 Å². The summed E-state index contributed by atoms with van der Waals surface area (Å²) in [5, 5.41) is 20.0. The lowest BCUT2D eigenvalue weighted by atomic mass is 10.0. The van der Waals surface area contributed by atoms with E-state index in [0.29, 0.717) is 6.42 Å². The first-order valence-corrected chi connectivity index (χ1v) is 4.42. The number of carboxylic acid groups (broad SMARTS) is 1. The molecule has 0 heterocycles. The first-order valence-electron chi connectivity index (χ1n) is 4.42. The Morgan fingerprint density at radius 2 is 2.00 bits per heavy atom. The summed E-state index contributed by atoms with van der Waals surface area (Å²) in [7, 11) is 0. The summed E-state index contributed by atoms with van der Waals surface area (Å²) in [5.41, 5.74) is 0.854. The van der Waals surface area contributed by atoms with Gasteiger partial charge in [0.1, 0.15) is 5.75 Å². The zero-order chi connectivity index (χ0) is 10.6. The Hall–Kier alpha value is -1.71. The smallest absolute Gasteiger partial charge is 0.405 e. The fraction of sp³-hybridized carbons (Fsp3) is 0.300. The summed E-state index contributed by atoms with van der Waals surface area (Å²) < 4.78 is 0. The third-order valence-electron chi connectivity index (χ3n) is 2.00. The van der Waals surface area contributed by atoms with Crippen LogP contribution < -0.4 is 5.32 Å². The van der Waals surface area contributed by atoms with Gasteiger partial charge in [0.05, 0.1) is 6.04 Å². The molecule has 3 N–H and O–H groups in total. The maximum Gasteiger partial charge on any atom is 0.405 e. The highest BCUT2D eigenvalue weighted by Gasteiger charge is 2.10. The summed E-state index contributed by atoms with van der Waals surface area (Å²) in [6.45, 7) is 1.90. The number of phenols is 1. The second-order valence-electron chi connectivity index (χ2n) is 3.00. The molecule has 0 aromatic heterocycles. The molecule has 4 heteroatoms. The number of phenolic OH excluding ortho intramolecular Hbond substituents is 1. The van der Waals surface area contributed by atoms with Crippen LogP contribution in [0.2, 0.25) is 0 Å². The van der Waals surface area contributed by atoms with E-state index in [0.717, 1.165) is 5.56 Å². The van der Waals surface area contributed by atoms with Gasteiger partial charge in [-0.1, -0.05) is 19.1 Å².